The number of aromatic nitrogens is 5. The Morgan fingerprint density at radius 3 is 2.69 bits per heavy atom. The highest BCUT2D eigenvalue weighted by Gasteiger charge is 2.07. The van der Waals surface area contributed by atoms with Gasteiger partial charge in [0.15, 0.2) is 5.69 Å². The maximum atomic E-state index is 10.6. The molecular weight excluding hydrogens is 210 g/mol. The molecule has 0 amide bonds. The zero-order valence-corrected chi connectivity index (χ0v) is 8.74. The van der Waals surface area contributed by atoms with Crippen molar-refractivity contribution in [1.82, 2.24) is 24.8 Å². The molecule has 0 saturated carbocycles. The predicted octanol–water partition coefficient (Wildman–Crippen LogP) is 0.181. The average molecular weight is 221 g/mol. The molecule has 2 aromatic heterocycles. The lowest BCUT2D eigenvalue weighted by Gasteiger charge is -2.00. The summed E-state index contributed by atoms with van der Waals surface area (Å²) in [4.78, 5) is 10.6. The minimum atomic E-state index is -1.07. The van der Waals surface area contributed by atoms with Crippen molar-refractivity contribution >= 4 is 5.97 Å². The van der Waals surface area contributed by atoms with Crippen molar-refractivity contribution in [3.8, 4) is 0 Å². The lowest BCUT2D eigenvalue weighted by Crippen LogP contribution is -2.08. The minimum absolute atomic E-state index is 0.0448. The lowest BCUT2D eigenvalue weighted by atomic mass is 10.4. The van der Waals surface area contributed by atoms with Gasteiger partial charge in [-0.2, -0.15) is 5.10 Å². The van der Waals surface area contributed by atoms with E-state index in [1.807, 2.05) is 13.1 Å². The lowest BCUT2D eigenvalue weighted by molar-refractivity contribution is 0.0690. The molecule has 0 atom stereocenters. The van der Waals surface area contributed by atoms with Gasteiger partial charge in [-0.25, -0.2) is 9.48 Å². The average Bonchev–Trinajstić information content (AvgIpc) is 2.83. The number of aryl methyl sites for hydroxylation is 3. The number of aromatic carboxylic acids is 1. The molecule has 7 nitrogen and oxygen atoms in total. The monoisotopic (exact) mass is 221 g/mol. The van der Waals surface area contributed by atoms with Crippen LogP contribution in [0, 0.1) is 6.92 Å². The molecule has 0 aliphatic rings. The maximum Gasteiger partial charge on any atom is 0.358 e. The van der Waals surface area contributed by atoms with Crippen molar-refractivity contribution in [2.75, 3.05) is 0 Å². The summed E-state index contributed by atoms with van der Waals surface area (Å²) in [6.07, 6.45) is 5.08. The second kappa shape index (κ2) is 4.13. The van der Waals surface area contributed by atoms with Gasteiger partial charge in [-0.1, -0.05) is 5.21 Å². The van der Waals surface area contributed by atoms with Crippen LogP contribution in [-0.2, 0) is 13.1 Å². The van der Waals surface area contributed by atoms with E-state index < -0.39 is 5.97 Å². The van der Waals surface area contributed by atoms with Gasteiger partial charge in [0.1, 0.15) is 0 Å². The summed E-state index contributed by atoms with van der Waals surface area (Å²) in [5.74, 6) is -1.07. The Bertz CT molecular complexity index is 501. The highest BCUT2D eigenvalue weighted by Crippen LogP contribution is 1.97. The fourth-order valence-corrected chi connectivity index (χ4v) is 1.30. The molecule has 0 aliphatic carbocycles. The molecule has 0 spiro atoms. The fraction of sp³-hybridized carbons (Fsp3) is 0.333. The second-order valence-electron chi connectivity index (χ2n) is 3.45. The van der Waals surface area contributed by atoms with E-state index in [4.69, 9.17) is 5.11 Å². The van der Waals surface area contributed by atoms with E-state index in [2.05, 4.69) is 15.4 Å². The quantitative estimate of drug-likeness (QED) is 0.796. The molecule has 84 valence electrons. The summed E-state index contributed by atoms with van der Waals surface area (Å²) in [7, 11) is 0. The van der Waals surface area contributed by atoms with Gasteiger partial charge in [0, 0.05) is 6.20 Å². The molecule has 2 heterocycles. The molecule has 0 aliphatic heterocycles. The first-order valence-electron chi connectivity index (χ1n) is 4.77. The number of hydrogen-bond acceptors (Lipinski definition) is 4. The normalized spacial score (nSPS) is 10.6. The molecule has 0 saturated heterocycles. The number of rotatable bonds is 4. The Hall–Kier alpha value is -2.18. The van der Waals surface area contributed by atoms with Crippen molar-refractivity contribution in [3.63, 3.8) is 0 Å². The van der Waals surface area contributed by atoms with Gasteiger partial charge < -0.3 is 5.11 Å². The summed E-state index contributed by atoms with van der Waals surface area (Å²) < 4.78 is 3.26. The minimum Gasteiger partial charge on any atom is -0.476 e. The third kappa shape index (κ3) is 2.25. The van der Waals surface area contributed by atoms with Crippen LogP contribution in [0.25, 0.3) is 0 Å². The highest BCUT2D eigenvalue weighted by molar-refractivity contribution is 5.84. The first-order valence-corrected chi connectivity index (χ1v) is 4.77. The van der Waals surface area contributed by atoms with Crippen LogP contribution < -0.4 is 0 Å². The topological polar surface area (TPSA) is 85.8 Å². The third-order valence-electron chi connectivity index (χ3n) is 2.08. The molecule has 7 heteroatoms. The Morgan fingerprint density at radius 1 is 1.38 bits per heavy atom. The van der Waals surface area contributed by atoms with Crippen molar-refractivity contribution in [2.45, 2.75) is 20.0 Å². The van der Waals surface area contributed by atoms with E-state index in [-0.39, 0.29) is 5.69 Å². The van der Waals surface area contributed by atoms with E-state index in [0.29, 0.717) is 13.1 Å². The molecule has 2 rings (SSSR count). The molecule has 0 unspecified atom stereocenters. The Labute approximate surface area is 91.3 Å². The molecule has 0 fully saturated rings. The highest BCUT2D eigenvalue weighted by atomic mass is 16.4. The van der Waals surface area contributed by atoms with Crippen molar-refractivity contribution < 1.29 is 9.90 Å². The van der Waals surface area contributed by atoms with Crippen LogP contribution in [0.2, 0.25) is 0 Å². The predicted molar refractivity (Wildman–Crippen MR) is 53.9 cm³/mol. The standard InChI is InChI=1S/C9H11N5O2/c1-7-4-10-13(5-7)2-3-14-6-8(9(15)16)11-12-14/h4-6H,2-3H2,1H3,(H,15,16). The first kappa shape index (κ1) is 10.3. The second-order valence-corrected chi connectivity index (χ2v) is 3.45. The fourth-order valence-electron chi connectivity index (χ4n) is 1.30. The Kier molecular flexibility index (Phi) is 2.67. The summed E-state index contributed by atoms with van der Waals surface area (Å²) in [5.41, 5.74) is 1.04. The van der Waals surface area contributed by atoms with Crippen LogP contribution in [-0.4, -0.2) is 35.9 Å². The number of carboxylic acids is 1. The van der Waals surface area contributed by atoms with E-state index >= 15 is 0 Å². The van der Waals surface area contributed by atoms with E-state index in [1.165, 1.54) is 10.9 Å². The molecule has 2 aromatic rings. The van der Waals surface area contributed by atoms with Gasteiger partial charge in [0.05, 0.1) is 25.5 Å². The summed E-state index contributed by atoms with van der Waals surface area (Å²) in [6.45, 7) is 3.14. The van der Waals surface area contributed by atoms with E-state index in [0.717, 1.165) is 5.56 Å². The number of hydrogen-bond donors (Lipinski definition) is 1. The Morgan fingerprint density at radius 2 is 2.12 bits per heavy atom. The van der Waals surface area contributed by atoms with E-state index in [1.54, 1.807) is 10.9 Å². The van der Waals surface area contributed by atoms with Gasteiger partial charge in [-0.3, -0.25) is 4.68 Å². The van der Waals surface area contributed by atoms with Gasteiger partial charge in [-0.05, 0) is 12.5 Å². The zero-order chi connectivity index (χ0) is 11.5. The maximum absolute atomic E-state index is 10.6. The zero-order valence-electron chi connectivity index (χ0n) is 8.74. The number of carbonyl (C=O) groups is 1. The van der Waals surface area contributed by atoms with Crippen molar-refractivity contribution in [2.24, 2.45) is 0 Å². The molecule has 0 radical (unpaired) electrons. The van der Waals surface area contributed by atoms with E-state index in [9.17, 15) is 4.79 Å². The molecule has 0 aromatic carbocycles. The van der Waals surface area contributed by atoms with Crippen LogP contribution in [0.1, 0.15) is 16.1 Å². The van der Waals surface area contributed by atoms with Crippen LogP contribution in [0.15, 0.2) is 18.6 Å². The SMILES string of the molecule is Cc1cnn(CCn2cc(C(=O)O)nn2)c1. The van der Waals surface area contributed by atoms with Crippen LogP contribution in [0.4, 0.5) is 0 Å². The van der Waals surface area contributed by atoms with Gasteiger partial charge in [0.25, 0.3) is 0 Å². The smallest absolute Gasteiger partial charge is 0.358 e. The molecule has 16 heavy (non-hydrogen) atoms. The number of nitrogens with zero attached hydrogens (tertiary/aromatic N) is 5. The Balaban J connectivity index is 1.97. The number of carboxylic acid groups (broad SMARTS) is 1. The van der Waals surface area contributed by atoms with Gasteiger partial charge >= 0.3 is 5.97 Å². The van der Waals surface area contributed by atoms with Crippen LogP contribution in [0.5, 0.6) is 0 Å². The summed E-state index contributed by atoms with van der Waals surface area (Å²) in [5, 5.41) is 20.0. The van der Waals surface area contributed by atoms with Crippen LogP contribution in [0.3, 0.4) is 0 Å². The van der Waals surface area contributed by atoms with Gasteiger partial charge in [0.2, 0.25) is 0 Å². The first-order chi connectivity index (χ1) is 7.65. The van der Waals surface area contributed by atoms with Crippen molar-refractivity contribution in [1.29, 1.82) is 0 Å². The molecular formula is C9H11N5O2. The van der Waals surface area contributed by atoms with Crippen molar-refractivity contribution in [3.05, 3.63) is 29.8 Å². The third-order valence-corrected chi connectivity index (χ3v) is 2.08. The molecule has 1 N–H and O–H groups in total. The van der Waals surface area contributed by atoms with Crippen LogP contribution >= 0.6 is 0 Å². The largest absolute Gasteiger partial charge is 0.476 e. The summed E-state index contributed by atoms with van der Waals surface area (Å²) >= 11 is 0. The van der Waals surface area contributed by atoms with Gasteiger partial charge in [-0.15, -0.1) is 5.10 Å². The summed E-state index contributed by atoms with van der Waals surface area (Å²) in [6, 6.07) is 0. The molecule has 0 bridgehead atoms.